The number of aromatic hydroxyl groups is 1. The summed E-state index contributed by atoms with van der Waals surface area (Å²) in [6.07, 6.45) is 1.24. The van der Waals surface area contributed by atoms with E-state index in [-0.39, 0.29) is 5.75 Å². The van der Waals surface area contributed by atoms with Crippen molar-refractivity contribution in [1.82, 2.24) is 4.57 Å². The van der Waals surface area contributed by atoms with Gasteiger partial charge in [-0.25, -0.2) is 0 Å². The van der Waals surface area contributed by atoms with Crippen molar-refractivity contribution in [3.05, 3.63) is 63.0 Å². The number of hydrogen-bond donors (Lipinski definition) is 1. The highest BCUT2D eigenvalue weighted by Crippen LogP contribution is 2.33. The maximum Gasteiger partial charge on any atom is 0.223 e. The van der Waals surface area contributed by atoms with Gasteiger partial charge in [0.05, 0.1) is 12.3 Å². The molecule has 1 aromatic heterocycles. The molecule has 1 unspecified atom stereocenters. The van der Waals surface area contributed by atoms with Gasteiger partial charge in [0.15, 0.2) is 5.75 Å². The van der Waals surface area contributed by atoms with Crippen LogP contribution in [-0.2, 0) is 11.3 Å². The lowest BCUT2D eigenvalue weighted by atomic mass is 10.0. The van der Waals surface area contributed by atoms with Crippen LogP contribution < -0.4 is 5.43 Å². The summed E-state index contributed by atoms with van der Waals surface area (Å²) in [7, 11) is 0. The maximum atomic E-state index is 11.6. The van der Waals surface area contributed by atoms with Gasteiger partial charge in [-0.2, -0.15) is 0 Å². The van der Waals surface area contributed by atoms with Crippen LogP contribution in [0, 0.1) is 0 Å². The molecule has 0 amide bonds. The second kappa shape index (κ2) is 4.72. The second-order valence-corrected chi connectivity index (χ2v) is 4.85. The molecule has 19 heavy (non-hydrogen) atoms. The summed E-state index contributed by atoms with van der Waals surface area (Å²) < 4.78 is 7.55. The minimum Gasteiger partial charge on any atom is -0.503 e. The minimum atomic E-state index is -0.445. The Hall–Kier alpha value is -1.78. The summed E-state index contributed by atoms with van der Waals surface area (Å²) in [6.45, 7) is 1.15. The van der Waals surface area contributed by atoms with Gasteiger partial charge in [-0.05, 0) is 17.7 Å². The van der Waals surface area contributed by atoms with Gasteiger partial charge in [0, 0.05) is 23.8 Å². The fourth-order valence-electron chi connectivity index (χ4n) is 2.29. The summed E-state index contributed by atoms with van der Waals surface area (Å²) in [4.78, 5) is 11.6. The van der Waals surface area contributed by atoms with Gasteiger partial charge in [0.2, 0.25) is 5.43 Å². The molecule has 0 radical (unpaired) electrons. The first-order valence-corrected chi connectivity index (χ1v) is 6.34. The van der Waals surface area contributed by atoms with Crippen molar-refractivity contribution in [2.24, 2.45) is 0 Å². The number of pyridine rings is 1. The molecule has 0 bridgehead atoms. The van der Waals surface area contributed by atoms with E-state index in [4.69, 9.17) is 16.3 Å². The highest BCUT2D eigenvalue weighted by molar-refractivity contribution is 6.30. The standard InChI is InChI=1S/C14H12ClNO3/c15-10-3-1-9(2-4-10)14-12-13(18)11(17)5-6-16(12)7-8-19-14/h1-6,14,18H,7-8H2. The molecule has 0 saturated carbocycles. The van der Waals surface area contributed by atoms with Crippen molar-refractivity contribution in [2.75, 3.05) is 6.61 Å². The topological polar surface area (TPSA) is 51.5 Å². The molecule has 3 rings (SSSR count). The maximum absolute atomic E-state index is 11.6. The zero-order valence-corrected chi connectivity index (χ0v) is 10.8. The van der Waals surface area contributed by atoms with Gasteiger partial charge in [0.1, 0.15) is 6.10 Å². The van der Waals surface area contributed by atoms with E-state index < -0.39 is 11.5 Å². The van der Waals surface area contributed by atoms with Gasteiger partial charge < -0.3 is 14.4 Å². The number of nitrogens with zero attached hydrogens (tertiary/aromatic N) is 1. The number of hydrogen-bond acceptors (Lipinski definition) is 3. The third kappa shape index (κ3) is 2.13. The Bertz CT molecular complexity index is 663. The average Bonchev–Trinajstić information content (AvgIpc) is 2.43. The van der Waals surface area contributed by atoms with Crippen LogP contribution in [0.5, 0.6) is 5.75 Å². The normalized spacial score (nSPS) is 18.1. The molecular formula is C14H12ClNO3. The number of halogens is 1. The van der Waals surface area contributed by atoms with E-state index in [1.807, 2.05) is 16.7 Å². The lowest BCUT2D eigenvalue weighted by Crippen LogP contribution is -2.26. The van der Waals surface area contributed by atoms with Crippen LogP contribution in [-0.4, -0.2) is 16.3 Å². The van der Waals surface area contributed by atoms with Crippen LogP contribution in [0.1, 0.15) is 17.4 Å². The number of benzene rings is 1. The Morgan fingerprint density at radius 2 is 2.00 bits per heavy atom. The van der Waals surface area contributed by atoms with E-state index >= 15 is 0 Å². The van der Waals surface area contributed by atoms with Crippen LogP contribution in [0.25, 0.3) is 0 Å². The van der Waals surface area contributed by atoms with E-state index in [1.54, 1.807) is 18.3 Å². The molecule has 98 valence electrons. The summed E-state index contributed by atoms with van der Waals surface area (Å²) in [5, 5.41) is 10.6. The van der Waals surface area contributed by atoms with E-state index in [0.29, 0.717) is 23.9 Å². The van der Waals surface area contributed by atoms with Crippen LogP contribution in [0.3, 0.4) is 0 Å². The highest BCUT2D eigenvalue weighted by atomic mass is 35.5. The molecule has 1 aromatic carbocycles. The number of rotatable bonds is 1. The third-order valence-corrected chi connectivity index (χ3v) is 3.48. The second-order valence-electron chi connectivity index (χ2n) is 4.41. The molecule has 5 heteroatoms. The molecule has 1 aliphatic heterocycles. The highest BCUT2D eigenvalue weighted by Gasteiger charge is 2.26. The summed E-state index contributed by atoms with van der Waals surface area (Å²) in [5.74, 6) is -0.248. The smallest absolute Gasteiger partial charge is 0.223 e. The van der Waals surface area contributed by atoms with Crippen LogP contribution in [0.2, 0.25) is 5.02 Å². The molecule has 2 aromatic rings. The molecule has 2 heterocycles. The van der Waals surface area contributed by atoms with Crippen molar-refractivity contribution < 1.29 is 9.84 Å². The predicted molar refractivity (Wildman–Crippen MR) is 71.6 cm³/mol. The van der Waals surface area contributed by atoms with Crippen molar-refractivity contribution in [1.29, 1.82) is 0 Å². The molecule has 1 atom stereocenters. The van der Waals surface area contributed by atoms with Crippen LogP contribution >= 0.6 is 11.6 Å². The monoisotopic (exact) mass is 277 g/mol. The van der Waals surface area contributed by atoms with Crippen LogP contribution in [0.4, 0.5) is 0 Å². The number of ether oxygens (including phenoxy) is 1. The van der Waals surface area contributed by atoms with Gasteiger partial charge >= 0.3 is 0 Å². The Kier molecular flexibility index (Phi) is 3.05. The molecule has 1 aliphatic rings. The SMILES string of the molecule is O=c1ccn2c(c1O)C(c1ccc(Cl)cc1)OCC2. The van der Waals surface area contributed by atoms with Crippen molar-refractivity contribution >= 4 is 11.6 Å². The fraction of sp³-hybridized carbons (Fsp3) is 0.214. The summed E-state index contributed by atoms with van der Waals surface area (Å²) in [6, 6.07) is 8.55. The predicted octanol–water partition coefficient (Wildman–Crippen LogP) is 2.33. The lowest BCUT2D eigenvalue weighted by Gasteiger charge is -2.28. The fourth-order valence-corrected chi connectivity index (χ4v) is 2.41. The zero-order chi connectivity index (χ0) is 13.4. The minimum absolute atomic E-state index is 0.248. The first-order valence-electron chi connectivity index (χ1n) is 5.96. The van der Waals surface area contributed by atoms with Gasteiger partial charge in [-0.15, -0.1) is 0 Å². The van der Waals surface area contributed by atoms with E-state index in [0.717, 1.165) is 5.56 Å². The first-order chi connectivity index (χ1) is 9.16. The molecular weight excluding hydrogens is 266 g/mol. The first kappa shape index (κ1) is 12.3. The summed E-state index contributed by atoms with van der Waals surface area (Å²) >= 11 is 5.86. The Balaban J connectivity index is 2.14. The molecule has 1 N–H and O–H groups in total. The Morgan fingerprint density at radius 1 is 1.26 bits per heavy atom. The lowest BCUT2D eigenvalue weighted by molar-refractivity contribution is 0.0428. The molecule has 0 saturated heterocycles. The quantitative estimate of drug-likeness (QED) is 0.870. The molecule has 4 nitrogen and oxygen atoms in total. The van der Waals surface area contributed by atoms with Gasteiger partial charge in [0.25, 0.3) is 0 Å². The average molecular weight is 278 g/mol. The molecule has 0 aliphatic carbocycles. The van der Waals surface area contributed by atoms with Gasteiger partial charge in [-0.3, -0.25) is 4.79 Å². The number of aromatic nitrogens is 1. The van der Waals surface area contributed by atoms with Crippen molar-refractivity contribution in [2.45, 2.75) is 12.6 Å². The third-order valence-electron chi connectivity index (χ3n) is 3.23. The Morgan fingerprint density at radius 3 is 2.74 bits per heavy atom. The molecule has 0 spiro atoms. The van der Waals surface area contributed by atoms with E-state index in [1.165, 1.54) is 6.07 Å². The largest absolute Gasteiger partial charge is 0.503 e. The van der Waals surface area contributed by atoms with Crippen molar-refractivity contribution in [3.8, 4) is 5.75 Å². The molecule has 0 fully saturated rings. The van der Waals surface area contributed by atoms with E-state index in [2.05, 4.69) is 0 Å². The van der Waals surface area contributed by atoms with Gasteiger partial charge in [-0.1, -0.05) is 23.7 Å². The zero-order valence-electron chi connectivity index (χ0n) is 10.0. The Labute approximate surface area is 114 Å². The van der Waals surface area contributed by atoms with Crippen molar-refractivity contribution in [3.63, 3.8) is 0 Å². The number of fused-ring (bicyclic) bond motifs is 1. The van der Waals surface area contributed by atoms with Crippen LogP contribution in [0.15, 0.2) is 41.3 Å². The van der Waals surface area contributed by atoms with E-state index in [9.17, 15) is 9.90 Å². The summed E-state index contributed by atoms with van der Waals surface area (Å²) in [5.41, 5.74) is 0.968.